The van der Waals surface area contributed by atoms with Crippen LogP contribution in [0.1, 0.15) is 23.7 Å². The Morgan fingerprint density at radius 2 is 1.81 bits per heavy atom. The second-order valence-electron chi connectivity index (χ2n) is 7.11. The van der Waals surface area contributed by atoms with Crippen LogP contribution in [0, 0.1) is 0 Å². The highest BCUT2D eigenvalue weighted by Crippen LogP contribution is 2.17. The maximum Gasteiger partial charge on any atom is 0.226 e. The van der Waals surface area contributed by atoms with E-state index in [2.05, 4.69) is 49.9 Å². The van der Waals surface area contributed by atoms with Gasteiger partial charge in [-0.2, -0.15) is 0 Å². The third kappa shape index (κ3) is 6.68. The second-order valence-corrected chi connectivity index (χ2v) is 7.11. The molecule has 8 heteroatoms. The molecule has 2 N–H and O–H groups in total. The van der Waals surface area contributed by atoms with Crippen molar-refractivity contribution < 1.29 is 4.42 Å². The van der Waals surface area contributed by atoms with Crippen LogP contribution in [-0.4, -0.2) is 27.0 Å². The standard InChI is InChI=1S/C24H26N6O.HI/c1-2-26-24(28-15-22-17-31-23(29-22)21-6-4-3-5-7-21)27-14-19-8-10-20(11-9-19)16-30-13-12-25-18-30;/h3-13,17-18H,2,14-16H2,1H3,(H2,26,27,28);1H. The van der Waals surface area contributed by atoms with E-state index in [9.17, 15) is 0 Å². The van der Waals surface area contributed by atoms with Crippen LogP contribution in [0.3, 0.4) is 0 Å². The van der Waals surface area contributed by atoms with Crippen molar-refractivity contribution >= 4 is 29.9 Å². The number of guanidine groups is 1. The fourth-order valence-electron chi connectivity index (χ4n) is 3.13. The van der Waals surface area contributed by atoms with Crippen molar-refractivity contribution in [1.29, 1.82) is 0 Å². The molecule has 0 atom stereocenters. The first-order valence-corrected chi connectivity index (χ1v) is 10.4. The summed E-state index contributed by atoms with van der Waals surface area (Å²) in [4.78, 5) is 13.3. The van der Waals surface area contributed by atoms with E-state index in [0.29, 0.717) is 19.0 Å². The van der Waals surface area contributed by atoms with Gasteiger partial charge >= 0.3 is 0 Å². The first kappa shape index (κ1) is 23.5. The van der Waals surface area contributed by atoms with Gasteiger partial charge in [-0.25, -0.2) is 15.0 Å². The van der Waals surface area contributed by atoms with Crippen LogP contribution in [0.25, 0.3) is 11.5 Å². The molecule has 0 spiro atoms. The van der Waals surface area contributed by atoms with Crippen molar-refractivity contribution in [3.8, 4) is 11.5 Å². The lowest BCUT2D eigenvalue weighted by Gasteiger charge is -2.10. The molecule has 0 bridgehead atoms. The van der Waals surface area contributed by atoms with Crippen LogP contribution < -0.4 is 10.6 Å². The number of aromatic nitrogens is 3. The Balaban J connectivity index is 0.00000289. The topological polar surface area (TPSA) is 80.3 Å². The molecule has 0 aliphatic heterocycles. The normalized spacial score (nSPS) is 11.1. The highest BCUT2D eigenvalue weighted by Gasteiger charge is 2.07. The molecule has 2 heterocycles. The highest BCUT2D eigenvalue weighted by atomic mass is 127. The van der Waals surface area contributed by atoms with Gasteiger partial charge in [0.25, 0.3) is 0 Å². The summed E-state index contributed by atoms with van der Waals surface area (Å²) < 4.78 is 7.65. The number of rotatable bonds is 8. The van der Waals surface area contributed by atoms with E-state index < -0.39 is 0 Å². The van der Waals surface area contributed by atoms with Crippen LogP contribution in [0.15, 0.2) is 89.0 Å². The first-order valence-electron chi connectivity index (χ1n) is 10.4. The molecule has 2 aromatic carbocycles. The number of oxazole rings is 1. The Hall–Kier alpha value is -3.14. The Morgan fingerprint density at radius 1 is 1.03 bits per heavy atom. The number of nitrogens with one attached hydrogen (secondary N) is 2. The molecule has 0 radical (unpaired) electrons. The van der Waals surface area contributed by atoms with E-state index >= 15 is 0 Å². The third-order valence-corrected chi connectivity index (χ3v) is 4.72. The van der Waals surface area contributed by atoms with Crippen LogP contribution in [0.4, 0.5) is 0 Å². The summed E-state index contributed by atoms with van der Waals surface area (Å²) >= 11 is 0. The zero-order chi connectivity index (χ0) is 21.3. The predicted octanol–water partition coefficient (Wildman–Crippen LogP) is 4.46. The summed E-state index contributed by atoms with van der Waals surface area (Å²) in [5.41, 5.74) is 4.18. The summed E-state index contributed by atoms with van der Waals surface area (Å²) in [6.07, 6.45) is 7.26. The molecule has 32 heavy (non-hydrogen) atoms. The van der Waals surface area contributed by atoms with Crippen LogP contribution in [0.2, 0.25) is 0 Å². The molecule has 0 aliphatic carbocycles. The fraction of sp³-hybridized carbons (Fsp3) is 0.208. The number of imidazole rings is 1. The summed E-state index contributed by atoms with van der Waals surface area (Å²) in [6, 6.07) is 18.4. The quantitative estimate of drug-likeness (QED) is 0.195. The fourth-order valence-corrected chi connectivity index (χ4v) is 3.13. The molecular formula is C24H27IN6O. The van der Waals surface area contributed by atoms with Gasteiger partial charge in [0.05, 0.1) is 25.1 Å². The minimum absolute atomic E-state index is 0. The van der Waals surface area contributed by atoms with E-state index in [1.807, 2.05) is 54.3 Å². The minimum Gasteiger partial charge on any atom is -0.444 e. The van der Waals surface area contributed by atoms with Crippen LogP contribution >= 0.6 is 24.0 Å². The monoisotopic (exact) mass is 542 g/mol. The number of aliphatic imine (C=N–C) groups is 1. The van der Waals surface area contributed by atoms with Crippen molar-refractivity contribution in [3.63, 3.8) is 0 Å². The van der Waals surface area contributed by atoms with Gasteiger partial charge in [-0.15, -0.1) is 24.0 Å². The largest absolute Gasteiger partial charge is 0.444 e. The maximum absolute atomic E-state index is 5.60. The van der Waals surface area contributed by atoms with Crippen molar-refractivity contribution in [1.82, 2.24) is 25.2 Å². The van der Waals surface area contributed by atoms with Crippen molar-refractivity contribution in [2.24, 2.45) is 4.99 Å². The van der Waals surface area contributed by atoms with E-state index in [0.717, 1.165) is 35.9 Å². The number of benzene rings is 2. The average Bonchev–Trinajstić information content (AvgIpc) is 3.50. The molecule has 0 fully saturated rings. The minimum atomic E-state index is 0. The Labute approximate surface area is 205 Å². The number of hydrogen-bond donors (Lipinski definition) is 2. The maximum atomic E-state index is 5.60. The molecule has 0 amide bonds. The van der Waals surface area contributed by atoms with E-state index in [1.165, 1.54) is 5.56 Å². The van der Waals surface area contributed by atoms with E-state index in [1.54, 1.807) is 12.5 Å². The molecule has 2 aromatic heterocycles. The Kier molecular flexibility index (Phi) is 8.85. The molecular weight excluding hydrogens is 515 g/mol. The van der Waals surface area contributed by atoms with Gasteiger partial charge in [0, 0.05) is 31.0 Å². The van der Waals surface area contributed by atoms with Gasteiger partial charge in [-0.1, -0.05) is 42.5 Å². The van der Waals surface area contributed by atoms with Crippen molar-refractivity contribution in [2.75, 3.05) is 6.54 Å². The molecule has 7 nitrogen and oxygen atoms in total. The van der Waals surface area contributed by atoms with Crippen molar-refractivity contribution in [3.05, 3.63) is 96.4 Å². The zero-order valence-corrected chi connectivity index (χ0v) is 20.3. The first-order chi connectivity index (χ1) is 15.3. The van der Waals surface area contributed by atoms with Gasteiger partial charge in [0.1, 0.15) is 6.26 Å². The molecule has 0 saturated heterocycles. The van der Waals surface area contributed by atoms with E-state index in [-0.39, 0.29) is 24.0 Å². The Bertz CT molecular complexity index is 1090. The third-order valence-electron chi connectivity index (χ3n) is 4.72. The predicted molar refractivity (Wildman–Crippen MR) is 137 cm³/mol. The van der Waals surface area contributed by atoms with Gasteiger partial charge in [-0.05, 0) is 30.2 Å². The van der Waals surface area contributed by atoms with Gasteiger partial charge < -0.3 is 19.6 Å². The number of hydrogen-bond acceptors (Lipinski definition) is 4. The smallest absolute Gasteiger partial charge is 0.226 e. The lowest BCUT2D eigenvalue weighted by Crippen LogP contribution is -2.36. The lowest BCUT2D eigenvalue weighted by atomic mass is 10.1. The van der Waals surface area contributed by atoms with Gasteiger partial charge in [-0.3, -0.25) is 0 Å². The van der Waals surface area contributed by atoms with Gasteiger partial charge in [0.15, 0.2) is 5.96 Å². The molecule has 4 aromatic rings. The molecule has 0 aliphatic rings. The second kappa shape index (κ2) is 12.0. The van der Waals surface area contributed by atoms with E-state index in [4.69, 9.17) is 4.42 Å². The zero-order valence-electron chi connectivity index (χ0n) is 17.9. The summed E-state index contributed by atoms with van der Waals surface area (Å²) in [5, 5.41) is 6.59. The molecule has 4 rings (SSSR count). The average molecular weight is 542 g/mol. The highest BCUT2D eigenvalue weighted by molar-refractivity contribution is 14.0. The lowest BCUT2D eigenvalue weighted by molar-refractivity contribution is 0.572. The number of halogens is 1. The summed E-state index contributed by atoms with van der Waals surface area (Å²) in [6.45, 7) is 4.77. The van der Waals surface area contributed by atoms with Gasteiger partial charge in [0.2, 0.25) is 5.89 Å². The SMILES string of the molecule is CCNC(=NCc1ccc(Cn2ccnc2)cc1)NCc1coc(-c2ccccc2)n1.I. The summed E-state index contributed by atoms with van der Waals surface area (Å²) in [7, 11) is 0. The Morgan fingerprint density at radius 3 is 2.53 bits per heavy atom. The summed E-state index contributed by atoms with van der Waals surface area (Å²) in [5.74, 6) is 1.37. The van der Waals surface area contributed by atoms with Crippen LogP contribution in [0.5, 0.6) is 0 Å². The molecule has 0 unspecified atom stereocenters. The number of nitrogens with zero attached hydrogens (tertiary/aromatic N) is 4. The van der Waals surface area contributed by atoms with Crippen LogP contribution in [-0.2, 0) is 19.6 Å². The molecule has 0 saturated carbocycles. The molecule has 166 valence electrons. The van der Waals surface area contributed by atoms with Crippen molar-refractivity contribution in [2.45, 2.75) is 26.6 Å².